The number of aliphatic imine (C=N–C) groups is 1. The fraction of sp³-hybridized carbons (Fsp3) is 0.0385. The number of nitrogens with one attached hydrogen (secondary N) is 2. The number of nitrogen functional groups attached to an aromatic ring is 1. The predicted molar refractivity (Wildman–Crippen MR) is 296 cm³/mol. The standard InChI is InChI=1S/C14H9N3O4S.2C11H7NO4.C6H6N2O2.C5H4O2.C3H4N2OS.C2H4O2.Na/c15-14-16-13(18)12(22-14)7-8-5-6-11(21-8)9-3-1-2-4-10(9)17(19)20;2*13-7-8-5-6-11(16-8)9-3-1-2-4-10(9)12(14)15;7-5-3-1-2-4-6(5)8(9)10;6-4-5-2-1-3-7-5;4-3-5-2(6)1-7-3;1-2(3)4;/h1-7H,(H2,15,16,18);2*1-7H;1-4H,7H2;1-4H;1H2,(H2,4,5,6);1H3,(H,3,4);/q;;;;;;;+1/p-1/b12-7-;;;;;;;. The number of nitrogens with two attached hydrogens (primary N) is 2. The number of carbonyl (C=O) groups is 6. The number of nitro groups is 4. The Bertz CT molecular complexity index is 3580. The number of anilines is 1. The second kappa shape index (κ2) is 33.9. The van der Waals surface area contributed by atoms with E-state index in [4.69, 9.17) is 40.0 Å². The number of amides is 2. The molecule has 8 aromatic rings. The Morgan fingerprint density at radius 3 is 1.25 bits per heavy atom. The number of amidine groups is 2. The maximum atomic E-state index is 11.5. The van der Waals surface area contributed by atoms with Crippen LogP contribution in [0.1, 0.15) is 44.3 Å². The van der Waals surface area contributed by atoms with E-state index in [0.29, 0.717) is 80.2 Å². The van der Waals surface area contributed by atoms with E-state index in [1.165, 1.54) is 78.7 Å². The number of carbonyl (C=O) groups excluding carboxylic acids is 6. The molecule has 4 aromatic carbocycles. The number of nitrogens with zero attached hydrogens (tertiary/aromatic N) is 5. The van der Waals surface area contributed by atoms with Crippen molar-refractivity contribution in [3.8, 4) is 34.0 Å². The van der Waals surface area contributed by atoms with Crippen LogP contribution in [-0.2, 0) is 14.4 Å². The molecule has 4 aromatic heterocycles. The molecule has 6 heterocycles. The average molecular weight is 1180 g/mol. The van der Waals surface area contributed by atoms with E-state index in [1.54, 1.807) is 91.0 Å². The van der Waals surface area contributed by atoms with Crippen LogP contribution in [0.4, 0.5) is 28.4 Å². The van der Waals surface area contributed by atoms with E-state index >= 15 is 0 Å². The van der Waals surface area contributed by atoms with Crippen LogP contribution in [0.5, 0.6) is 0 Å². The number of hydrogen-bond acceptors (Lipinski definition) is 24. The maximum Gasteiger partial charge on any atom is 1.00 e. The monoisotopic (exact) mass is 1180 g/mol. The molecule has 2 amide bonds. The van der Waals surface area contributed by atoms with E-state index in [9.17, 15) is 64.4 Å². The van der Waals surface area contributed by atoms with Crippen molar-refractivity contribution in [3.05, 3.63) is 220 Å². The number of para-hydroxylation sites is 5. The summed E-state index contributed by atoms with van der Waals surface area (Å²) in [5.74, 6) is 0.885. The normalized spacial score (nSPS) is 11.9. The fourth-order valence-corrected chi connectivity index (χ4v) is 7.31. The molecule has 0 radical (unpaired) electrons. The minimum Gasteiger partial charge on any atom is -0.550 e. The van der Waals surface area contributed by atoms with Crippen LogP contribution in [0.2, 0.25) is 0 Å². The summed E-state index contributed by atoms with van der Waals surface area (Å²) < 4.78 is 20.5. The first-order chi connectivity index (χ1) is 39.1. The summed E-state index contributed by atoms with van der Waals surface area (Å²) in [6, 6.07) is 37.3. The summed E-state index contributed by atoms with van der Waals surface area (Å²) in [5.41, 5.74) is 11.5. The average Bonchev–Trinajstić information content (AvgIpc) is 4.46. The minimum atomic E-state index is -1.08. The van der Waals surface area contributed by atoms with Crippen molar-refractivity contribution in [1.29, 1.82) is 5.41 Å². The summed E-state index contributed by atoms with van der Waals surface area (Å²) >= 11 is 2.28. The van der Waals surface area contributed by atoms with E-state index in [1.807, 2.05) is 0 Å². The number of aldehydes is 3. The van der Waals surface area contributed by atoms with Crippen molar-refractivity contribution in [1.82, 2.24) is 5.32 Å². The van der Waals surface area contributed by atoms with Gasteiger partial charge in [0.25, 0.3) is 34.6 Å². The summed E-state index contributed by atoms with van der Waals surface area (Å²) in [7, 11) is 0. The van der Waals surface area contributed by atoms with E-state index in [-0.39, 0.29) is 86.5 Å². The first-order valence-corrected chi connectivity index (χ1v) is 24.3. The van der Waals surface area contributed by atoms with Crippen LogP contribution in [0.25, 0.3) is 40.0 Å². The van der Waals surface area contributed by atoms with E-state index in [0.717, 1.165) is 18.7 Å². The number of carboxylic acid groups (broad SMARTS) is 1. The Labute approximate surface area is 497 Å². The third kappa shape index (κ3) is 21.6. The van der Waals surface area contributed by atoms with Gasteiger partial charge < -0.3 is 44.4 Å². The van der Waals surface area contributed by atoms with Gasteiger partial charge in [-0.25, -0.2) is 0 Å². The molecule has 2 aliphatic rings. The molecule has 0 atom stereocenters. The summed E-state index contributed by atoms with van der Waals surface area (Å²) in [6.45, 7) is 0.972. The number of hydrogen-bond donors (Lipinski definition) is 4. The molecule has 1 fully saturated rings. The van der Waals surface area contributed by atoms with Gasteiger partial charge in [-0.1, -0.05) is 60.3 Å². The minimum absolute atomic E-state index is 0. The smallest absolute Gasteiger partial charge is 0.550 e. The van der Waals surface area contributed by atoms with Gasteiger partial charge in [0.15, 0.2) is 46.5 Å². The molecular weight excluding hydrogens is 1140 g/mol. The number of carboxylic acids is 1. The molecule has 2 aliphatic heterocycles. The maximum absolute atomic E-state index is 11.5. The van der Waals surface area contributed by atoms with Crippen molar-refractivity contribution in [2.45, 2.75) is 6.92 Å². The summed E-state index contributed by atoms with van der Waals surface area (Å²) in [4.78, 5) is 106. The van der Waals surface area contributed by atoms with Gasteiger partial charge in [-0.15, -0.1) is 0 Å². The summed E-state index contributed by atoms with van der Waals surface area (Å²) in [6.07, 6.45) is 4.74. The molecule has 31 heteroatoms. The topological polar surface area (TPSA) is 451 Å². The largest absolute Gasteiger partial charge is 1.00 e. The first-order valence-electron chi connectivity index (χ1n) is 22.5. The van der Waals surface area contributed by atoms with Crippen LogP contribution >= 0.6 is 23.5 Å². The third-order valence-corrected chi connectivity index (χ3v) is 11.1. The molecule has 0 aliphatic carbocycles. The molecule has 6 N–H and O–H groups in total. The Morgan fingerprint density at radius 2 is 0.976 bits per heavy atom. The molecule has 0 unspecified atom stereocenters. The van der Waals surface area contributed by atoms with Crippen LogP contribution in [-0.4, -0.2) is 72.4 Å². The number of aliphatic carboxylic acids is 1. The quantitative estimate of drug-likeness (QED) is 0.0291. The zero-order valence-corrected chi connectivity index (χ0v) is 46.5. The second-order valence-corrected chi connectivity index (χ2v) is 17.2. The van der Waals surface area contributed by atoms with Gasteiger partial charge in [0, 0.05) is 36.3 Å². The van der Waals surface area contributed by atoms with Gasteiger partial charge in [-0.2, -0.15) is 4.99 Å². The van der Waals surface area contributed by atoms with Gasteiger partial charge in [-0.3, -0.25) is 69.8 Å². The Hall–Kier alpha value is -10.4. The Kier molecular flexibility index (Phi) is 27.3. The van der Waals surface area contributed by atoms with Crippen molar-refractivity contribution < 1.29 is 101 Å². The van der Waals surface area contributed by atoms with Crippen molar-refractivity contribution in [2.75, 3.05) is 11.5 Å². The zero-order valence-electron chi connectivity index (χ0n) is 42.9. The third-order valence-electron chi connectivity index (χ3n) is 9.52. The molecular formula is C52H40N9NaO19S2. The van der Waals surface area contributed by atoms with Crippen LogP contribution < -0.4 is 51.4 Å². The first kappa shape index (κ1) is 66.9. The zero-order chi connectivity index (χ0) is 60.3. The Morgan fingerprint density at radius 1 is 0.590 bits per heavy atom. The molecule has 420 valence electrons. The van der Waals surface area contributed by atoms with Crippen molar-refractivity contribution in [3.63, 3.8) is 0 Å². The van der Waals surface area contributed by atoms with E-state index in [2.05, 4.69) is 14.7 Å². The van der Waals surface area contributed by atoms with E-state index < -0.39 is 25.7 Å². The van der Waals surface area contributed by atoms with Gasteiger partial charge in [-0.05, 0) is 91.5 Å². The number of thioether (sulfide) groups is 2. The van der Waals surface area contributed by atoms with Crippen LogP contribution in [0.3, 0.4) is 0 Å². The SMILES string of the molecule is CC(=O)[O-].N=C1NC(=O)/C(=C/c2ccc(-c3ccccc3[N+](=O)[O-])o2)S1.NC1=NC(=O)CS1.Nc1ccccc1[N+](=O)[O-].O=Cc1ccc(-c2ccccc2[N+](=O)[O-])o1.O=Cc1ccc(-c2ccccc2[N+](=O)[O-])o1.O=Cc1ccco1.[Na+]. The number of benzene rings is 4. The molecule has 0 bridgehead atoms. The van der Waals surface area contributed by atoms with Gasteiger partial charge in [0.05, 0.1) is 53.3 Å². The van der Waals surface area contributed by atoms with Gasteiger partial charge >= 0.3 is 29.6 Å². The van der Waals surface area contributed by atoms with Crippen LogP contribution in [0.15, 0.2) is 179 Å². The van der Waals surface area contributed by atoms with Gasteiger partial charge in [0.2, 0.25) is 0 Å². The summed E-state index contributed by atoms with van der Waals surface area (Å²) in [5, 5.41) is 61.8. The van der Waals surface area contributed by atoms with Crippen LogP contribution in [0, 0.1) is 45.9 Å². The molecule has 83 heavy (non-hydrogen) atoms. The van der Waals surface area contributed by atoms with Gasteiger partial charge in [0.1, 0.15) is 28.7 Å². The number of furan rings is 4. The molecule has 0 saturated carbocycles. The predicted octanol–water partition coefficient (Wildman–Crippen LogP) is 5.93. The molecule has 28 nitrogen and oxygen atoms in total. The second-order valence-electron chi connectivity index (χ2n) is 15.1. The fourth-order valence-electron chi connectivity index (χ4n) is 6.13. The molecule has 1 saturated heterocycles. The number of nitro benzene ring substituents is 4. The van der Waals surface area contributed by atoms with Crippen molar-refractivity contribution >= 4 is 105 Å². The Balaban J connectivity index is 0.000000268. The number of rotatable bonds is 11. The molecule has 0 spiro atoms. The van der Waals surface area contributed by atoms with Crippen molar-refractivity contribution in [2.24, 2.45) is 10.7 Å². The molecule has 10 rings (SSSR count).